The van der Waals surface area contributed by atoms with Crippen LogP contribution >= 0.6 is 11.3 Å². The number of unbranched alkanes of at least 4 members (excludes halogenated alkanes) is 1. The fraction of sp³-hybridized carbons (Fsp3) is 0.476. The number of carbonyl (C=O) groups is 8. The lowest BCUT2D eigenvalue weighted by molar-refractivity contribution is -0.179. The van der Waals surface area contributed by atoms with Gasteiger partial charge in [0.1, 0.15) is 16.5 Å². The molecule has 0 saturated carbocycles. The number of anilines is 1. The average Bonchev–Trinajstić information content (AvgIpc) is 3.92. The second kappa shape index (κ2) is 23.0. The molecule has 1 aliphatic rings. The van der Waals surface area contributed by atoms with Crippen LogP contribution in [0.4, 0.5) is 5.69 Å². The molecule has 0 fully saturated rings. The van der Waals surface area contributed by atoms with Crippen molar-refractivity contribution >= 4 is 86.1 Å². The summed E-state index contributed by atoms with van der Waals surface area (Å²) in [4.78, 5) is 105. The number of sulfonamides is 1. The van der Waals surface area contributed by atoms with Gasteiger partial charge in [-0.05, 0) is 97.3 Å². The highest BCUT2D eigenvalue weighted by molar-refractivity contribution is 7.92. The number of ether oxygens (including phenoxy) is 4. The monoisotopic (exact) mass is 943 g/mol. The van der Waals surface area contributed by atoms with E-state index in [0.29, 0.717) is 57.2 Å². The van der Waals surface area contributed by atoms with E-state index >= 15 is 0 Å². The number of esters is 4. The van der Waals surface area contributed by atoms with E-state index < -0.39 is 62.5 Å². The molecule has 4 rings (SSSR count). The highest BCUT2D eigenvalue weighted by Crippen LogP contribution is 2.36. The van der Waals surface area contributed by atoms with Crippen LogP contribution in [0.25, 0.3) is 11.6 Å². The van der Waals surface area contributed by atoms with E-state index in [4.69, 9.17) is 18.9 Å². The first-order valence-electron chi connectivity index (χ1n) is 20.7. The molecule has 1 aromatic carbocycles. The van der Waals surface area contributed by atoms with Crippen LogP contribution in [0.2, 0.25) is 0 Å². The van der Waals surface area contributed by atoms with Crippen LogP contribution in [0.3, 0.4) is 0 Å². The van der Waals surface area contributed by atoms with Gasteiger partial charge in [0, 0.05) is 48.6 Å². The summed E-state index contributed by atoms with van der Waals surface area (Å²) in [5.41, 5.74) is 3.72. The summed E-state index contributed by atoms with van der Waals surface area (Å²) in [5.74, 6) is -5.63. The van der Waals surface area contributed by atoms with Gasteiger partial charge in [-0.2, -0.15) is 8.42 Å². The molecule has 0 bridgehead atoms. The van der Waals surface area contributed by atoms with E-state index in [1.165, 1.54) is 19.9 Å². The number of rotatable bonds is 23. The number of nitrogens with zero attached hydrogens (tertiary/aromatic N) is 3. The largest absolute Gasteiger partial charge is 0.451 e. The van der Waals surface area contributed by atoms with Crippen LogP contribution in [-0.2, 0) is 64.2 Å². The molecule has 21 nitrogen and oxygen atoms in total. The van der Waals surface area contributed by atoms with Crippen LogP contribution in [0.5, 0.6) is 5.75 Å². The Morgan fingerprint density at radius 2 is 1.52 bits per heavy atom. The van der Waals surface area contributed by atoms with E-state index in [-0.39, 0.29) is 60.5 Å². The Morgan fingerprint density at radius 3 is 2.17 bits per heavy atom. The van der Waals surface area contributed by atoms with Gasteiger partial charge < -0.3 is 39.5 Å². The molecule has 0 radical (unpaired) electrons. The Bertz CT molecular complexity index is 2460. The number of fused-ring (bicyclic) bond motifs is 1. The van der Waals surface area contributed by atoms with Gasteiger partial charge in [-0.3, -0.25) is 28.8 Å². The quantitative estimate of drug-likeness (QED) is 0.0349. The topological polar surface area (TPSA) is 289 Å². The first-order chi connectivity index (χ1) is 30.6. The third kappa shape index (κ3) is 14.3. The number of carbonyl (C=O) groups excluding carboxylic acids is 8. The number of amides is 3. The molecule has 3 atom stereocenters. The number of aryl methyl sites for hydroxylation is 1. The number of H-pyrrole nitrogens is 1. The average molecular weight is 944 g/mol. The second-order valence-corrected chi connectivity index (χ2v) is 17.9. The van der Waals surface area contributed by atoms with Gasteiger partial charge in [-0.1, -0.05) is 25.2 Å². The fourth-order valence-electron chi connectivity index (χ4n) is 6.29. The lowest BCUT2D eigenvalue weighted by Gasteiger charge is -2.18. The number of benzene rings is 1. The number of hydrogen-bond acceptors (Lipinski definition) is 18. The molecule has 3 amide bonds. The maximum atomic E-state index is 13.1. The second-order valence-electron chi connectivity index (χ2n) is 14.9. The van der Waals surface area contributed by atoms with Gasteiger partial charge >= 0.3 is 23.9 Å². The molecule has 0 spiro atoms. The van der Waals surface area contributed by atoms with Gasteiger partial charge in [-0.15, -0.1) is 10.2 Å². The normalized spacial score (nSPS) is 14.2. The lowest BCUT2D eigenvalue weighted by atomic mass is 10.0. The molecule has 352 valence electrons. The van der Waals surface area contributed by atoms with Gasteiger partial charge in [0.05, 0.1) is 17.6 Å². The smallest absolute Gasteiger partial charge is 0.347 e. The molecule has 23 heteroatoms. The molecule has 1 aliphatic heterocycles. The van der Waals surface area contributed by atoms with Gasteiger partial charge in [0.25, 0.3) is 32.1 Å². The van der Waals surface area contributed by atoms with Crippen molar-refractivity contribution in [2.75, 3.05) is 31.5 Å². The van der Waals surface area contributed by atoms with E-state index in [0.717, 1.165) is 33.5 Å². The Kier molecular flexibility index (Phi) is 18.2. The minimum absolute atomic E-state index is 0.0747. The zero-order valence-electron chi connectivity index (χ0n) is 37.3. The van der Waals surface area contributed by atoms with Crippen molar-refractivity contribution in [1.82, 2.24) is 30.1 Å². The summed E-state index contributed by atoms with van der Waals surface area (Å²) in [6.07, 6.45) is -3.03. The van der Waals surface area contributed by atoms with Crippen molar-refractivity contribution in [3.05, 3.63) is 51.3 Å². The fourth-order valence-corrected chi connectivity index (χ4v) is 8.45. The van der Waals surface area contributed by atoms with Crippen molar-refractivity contribution in [3.8, 4) is 5.75 Å². The van der Waals surface area contributed by atoms with E-state index in [1.54, 1.807) is 36.8 Å². The van der Waals surface area contributed by atoms with Crippen LogP contribution in [0, 0.1) is 13.8 Å². The molecule has 0 aliphatic carbocycles. The standard InChI is InChI=1S/C42H53N7O14S2/c1-9-49(10-2)18-17-43-39(55)36-23(4)32(44-24(36)5)21-30-29-20-28(15-16-31(29)45-38(30)54)63-35(52)14-12-11-13-34(51)60-26(7)40(56)62-27(8)41(57)61-25(6)37(53)48-65(58,59)42-47-46-33(64-42)19-22(3)50/h15-16,20-21,25-27,44H,9-14,17-19H2,1-8H3,(H,43,55)(H,45,54)(H,48,53)/b30-21-. The first kappa shape index (κ1) is 51.3. The maximum Gasteiger partial charge on any atom is 0.347 e. The zero-order chi connectivity index (χ0) is 48.2. The van der Waals surface area contributed by atoms with Crippen LogP contribution in [0.15, 0.2) is 22.5 Å². The summed E-state index contributed by atoms with van der Waals surface area (Å²) in [5, 5.41) is 12.9. The SMILES string of the molecule is CCN(CC)CCNC(=O)c1c(C)[nH]c(/C=C2\C(=O)Nc3ccc(OC(=O)CCCCC(=O)OC(C)C(=O)OC(C)C(=O)OC(C)C(=O)NS(=O)(=O)c4nnc(CC(C)=O)s4)cc32)c1C. The third-order valence-electron chi connectivity index (χ3n) is 9.86. The van der Waals surface area contributed by atoms with Crippen molar-refractivity contribution < 1.29 is 65.7 Å². The van der Waals surface area contributed by atoms with Gasteiger partial charge in [0.15, 0.2) is 18.3 Å². The number of hydrogen-bond donors (Lipinski definition) is 4. The van der Waals surface area contributed by atoms with Gasteiger partial charge in [-0.25, -0.2) is 14.3 Å². The molecule has 0 saturated heterocycles. The summed E-state index contributed by atoms with van der Waals surface area (Å²) in [7, 11) is -4.50. The van der Waals surface area contributed by atoms with Crippen LogP contribution in [0.1, 0.15) is 105 Å². The summed E-state index contributed by atoms with van der Waals surface area (Å²) >= 11 is 0.582. The number of likely N-dealkylation sites (N-methyl/N-ethyl adjacent to an activating group) is 1. The molecule has 2 aromatic heterocycles. The first-order valence-corrected chi connectivity index (χ1v) is 23.0. The molecule has 4 N–H and O–H groups in total. The highest BCUT2D eigenvalue weighted by Gasteiger charge is 2.31. The molecule has 3 heterocycles. The van der Waals surface area contributed by atoms with Crippen molar-refractivity contribution in [2.45, 2.75) is 110 Å². The predicted molar refractivity (Wildman–Crippen MR) is 234 cm³/mol. The number of Topliss-reactive ketones (excluding diaryl/α,β-unsaturated/α-hetero) is 1. The van der Waals surface area contributed by atoms with E-state index in [1.807, 2.05) is 0 Å². The molecular weight excluding hydrogens is 891 g/mol. The van der Waals surface area contributed by atoms with Crippen molar-refractivity contribution in [2.24, 2.45) is 0 Å². The Balaban J connectivity index is 1.20. The van der Waals surface area contributed by atoms with Crippen molar-refractivity contribution in [1.29, 1.82) is 0 Å². The molecule has 65 heavy (non-hydrogen) atoms. The van der Waals surface area contributed by atoms with E-state index in [2.05, 4.69) is 44.6 Å². The minimum atomic E-state index is -4.50. The summed E-state index contributed by atoms with van der Waals surface area (Å²) in [6, 6.07) is 4.70. The van der Waals surface area contributed by atoms with Crippen LogP contribution < -0.4 is 20.1 Å². The van der Waals surface area contributed by atoms with Crippen molar-refractivity contribution in [3.63, 3.8) is 0 Å². The molecular formula is C42H53N7O14S2. The van der Waals surface area contributed by atoms with Gasteiger partial charge in [0.2, 0.25) is 0 Å². The summed E-state index contributed by atoms with van der Waals surface area (Å²) < 4.78 is 46.7. The molecule has 3 aromatic rings. The number of ketones is 1. The Hall–Kier alpha value is -6.33. The Labute approximate surface area is 379 Å². The lowest BCUT2D eigenvalue weighted by Crippen LogP contribution is -2.41. The highest BCUT2D eigenvalue weighted by atomic mass is 32.2. The number of nitrogens with one attached hydrogen (secondary N) is 4. The predicted octanol–water partition coefficient (Wildman–Crippen LogP) is 2.94. The number of aromatic nitrogens is 3. The summed E-state index contributed by atoms with van der Waals surface area (Å²) in [6.45, 7) is 15.4. The molecule has 3 unspecified atom stereocenters. The minimum Gasteiger partial charge on any atom is -0.451 e. The van der Waals surface area contributed by atoms with E-state index in [9.17, 15) is 46.8 Å². The van der Waals surface area contributed by atoms with Crippen LogP contribution in [-0.4, -0.2) is 120 Å². The number of aromatic amines is 1. The Morgan fingerprint density at radius 1 is 0.892 bits per heavy atom. The zero-order valence-corrected chi connectivity index (χ0v) is 38.9. The maximum absolute atomic E-state index is 13.1. The third-order valence-corrected chi connectivity index (χ3v) is 12.5.